The SMILES string of the molecule is Cc1c(NC(=S)NC(=O)c2cccc(OCCOc3ccccc3)c2)cccc1[N+](=O)[O-]. The summed E-state index contributed by atoms with van der Waals surface area (Å²) in [7, 11) is 0. The summed E-state index contributed by atoms with van der Waals surface area (Å²) >= 11 is 5.19. The molecular formula is C23H21N3O5S. The van der Waals surface area contributed by atoms with Gasteiger partial charge in [-0.2, -0.15) is 0 Å². The summed E-state index contributed by atoms with van der Waals surface area (Å²) in [6.07, 6.45) is 0. The Morgan fingerprint density at radius 1 is 0.969 bits per heavy atom. The number of nitrogens with zero attached hydrogens (tertiary/aromatic N) is 1. The van der Waals surface area contributed by atoms with Crippen molar-refractivity contribution in [3.8, 4) is 11.5 Å². The lowest BCUT2D eigenvalue weighted by Gasteiger charge is -2.12. The number of para-hydroxylation sites is 1. The van der Waals surface area contributed by atoms with Gasteiger partial charge in [-0.15, -0.1) is 0 Å². The number of carbonyl (C=O) groups excluding carboxylic acids is 1. The molecule has 0 radical (unpaired) electrons. The van der Waals surface area contributed by atoms with E-state index in [1.807, 2.05) is 30.3 Å². The van der Waals surface area contributed by atoms with Crippen LogP contribution in [-0.4, -0.2) is 29.2 Å². The minimum atomic E-state index is -0.474. The number of benzene rings is 3. The summed E-state index contributed by atoms with van der Waals surface area (Å²) in [5.41, 5.74) is 1.18. The van der Waals surface area contributed by atoms with Crippen molar-refractivity contribution in [2.24, 2.45) is 0 Å². The number of amides is 1. The molecule has 2 N–H and O–H groups in total. The second kappa shape index (κ2) is 10.9. The van der Waals surface area contributed by atoms with Crippen LogP contribution in [0.15, 0.2) is 72.8 Å². The molecule has 0 bridgehead atoms. The fourth-order valence-corrected chi connectivity index (χ4v) is 3.05. The Bertz CT molecular complexity index is 1120. The number of nitro groups is 1. The number of hydrogen-bond acceptors (Lipinski definition) is 6. The van der Waals surface area contributed by atoms with Crippen molar-refractivity contribution in [3.05, 3.63) is 94.0 Å². The first-order valence-corrected chi connectivity index (χ1v) is 10.1. The average molecular weight is 452 g/mol. The lowest BCUT2D eigenvalue weighted by Crippen LogP contribution is -2.34. The van der Waals surface area contributed by atoms with Crippen LogP contribution in [0.5, 0.6) is 11.5 Å². The third-order valence-electron chi connectivity index (χ3n) is 4.44. The van der Waals surface area contributed by atoms with Gasteiger partial charge in [-0.3, -0.25) is 20.2 Å². The van der Waals surface area contributed by atoms with E-state index in [9.17, 15) is 14.9 Å². The molecule has 0 atom stereocenters. The van der Waals surface area contributed by atoms with E-state index in [1.165, 1.54) is 6.07 Å². The van der Waals surface area contributed by atoms with E-state index in [2.05, 4.69) is 10.6 Å². The molecule has 8 nitrogen and oxygen atoms in total. The van der Waals surface area contributed by atoms with Crippen LogP contribution in [-0.2, 0) is 0 Å². The standard InChI is InChI=1S/C23H21N3O5S/c1-16-20(11-6-12-21(16)26(28)29)24-23(32)25-22(27)17-7-5-10-19(15-17)31-14-13-30-18-8-3-2-4-9-18/h2-12,15H,13-14H2,1H3,(H2,24,25,27,32). The fraction of sp³-hybridized carbons (Fsp3) is 0.130. The minimum absolute atomic E-state index is 0.0289. The first kappa shape index (κ1) is 22.7. The summed E-state index contributed by atoms with van der Waals surface area (Å²) in [4.78, 5) is 23.1. The number of thiocarbonyl (C=S) groups is 1. The molecule has 3 rings (SSSR count). The van der Waals surface area contributed by atoms with Gasteiger partial charge in [-0.05, 0) is 55.5 Å². The molecule has 0 fully saturated rings. The van der Waals surface area contributed by atoms with Gasteiger partial charge in [0.05, 0.1) is 16.2 Å². The number of rotatable bonds is 8. The highest BCUT2D eigenvalue weighted by molar-refractivity contribution is 7.80. The number of anilines is 1. The zero-order valence-electron chi connectivity index (χ0n) is 17.2. The van der Waals surface area contributed by atoms with Crippen LogP contribution < -0.4 is 20.1 Å². The van der Waals surface area contributed by atoms with Gasteiger partial charge in [0.15, 0.2) is 5.11 Å². The molecule has 0 aliphatic heterocycles. The second-order valence-corrected chi connectivity index (χ2v) is 7.06. The topological polar surface area (TPSA) is 103 Å². The van der Waals surface area contributed by atoms with Crippen LogP contribution in [0.2, 0.25) is 0 Å². The number of hydrogen-bond donors (Lipinski definition) is 2. The molecular weight excluding hydrogens is 430 g/mol. The monoisotopic (exact) mass is 451 g/mol. The first-order chi connectivity index (χ1) is 15.4. The van der Waals surface area contributed by atoms with Crippen molar-refractivity contribution in [2.45, 2.75) is 6.92 Å². The molecule has 1 amide bonds. The fourth-order valence-electron chi connectivity index (χ4n) is 2.85. The summed E-state index contributed by atoms with van der Waals surface area (Å²) in [5, 5.41) is 16.5. The molecule has 3 aromatic carbocycles. The van der Waals surface area contributed by atoms with Crippen molar-refractivity contribution in [1.29, 1.82) is 0 Å². The van der Waals surface area contributed by atoms with Crippen molar-refractivity contribution in [1.82, 2.24) is 5.32 Å². The maximum Gasteiger partial charge on any atom is 0.274 e. The van der Waals surface area contributed by atoms with Gasteiger partial charge in [-0.25, -0.2) is 0 Å². The Morgan fingerprint density at radius 3 is 2.34 bits per heavy atom. The van der Waals surface area contributed by atoms with Crippen LogP contribution in [0, 0.1) is 17.0 Å². The largest absolute Gasteiger partial charge is 0.490 e. The third-order valence-corrected chi connectivity index (χ3v) is 4.64. The van der Waals surface area contributed by atoms with Crippen LogP contribution in [0.25, 0.3) is 0 Å². The highest BCUT2D eigenvalue weighted by Gasteiger charge is 2.15. The van der Waals surface area contributed by atoms with E-state index in [-0.39, 0.29) is 10.8 Å². The number of nitrogens with one attached hydrogen (secondary N) is 2. The Labute approximate surface area is 190 Å². The lowest BCUT2D eigenvalue weighted by molar-refractivity contribution is -0.385. The van der Waals surface area contributed by atoms with Crippen molar-refractivity contribution in [3.63, 3.8) is 0 Å². The van der Waals surface area contributed by atoms with Gasteiger partial charge >= 0.3 is 0 Å². The molecule has 0 saturated carbocycles. The van der Waals surface area contributed by atoms with E-state index in [0.29, 0.717) is 35.8 Å². The van der Waals surface area contributed by atoms with Crippen LogP contribution >= 0.6 is 12.2 Å². The van der Waals surface area contributed by atoms with E-state index in [4.69, 9.17) is 21.7 Å². The third kappa shape index (κ3) is 6.26. The zero-order valence-corrected chi connectivity index (χ0v) is 18.1. The minimum Gasteiger partial charge on any atom is -0.490 e. The molecule has 0 spiro atoms. The predicted molar refractivity (Wildman–Crippen MR) is 125 cm³/mol. The van der Waals surface area contributed by atoms with Gasteiger partial charge in [0.1, 0.15) is 24.7 Å². The Morgan fingerprint density at radius 2 is 1.62 bits per heavy atom. The predicted octanol–water partition coefficient (Wildman–Crippen LogP) is 4.49. The molecule has 0 heterocycles. The molecule has 0 saturated heterocycles. The van der Waals surface area contributed by atoms with Gasteiger partial charge in [-0.1, -0.05) is 30.3 Å². The summed E-state index contributed by atoms with van der Waals surface area (Å²) in [6.45, 7) is 2.27. The number of ether oxygens (including phenoxy) is 2. The Balaban J connectivity index is 1.53. The maximum atomic E-state index is 12.5. The van der Waals surface area contributed by atoms with Gasteiger partial charge in [0.2, 0.25) is 0 Å². The second-order valence-electron chi connectivity index (χ2n) is 6.65. The van der Waals surface area contributed by atoms with E-state index >= 15 is 0 Å². The summed E-state index contributed by atoms with van der Waals surface area (Å²) < 4.78 is 11.2. The average Bonchev–Trinajstić information content (AvgIpc) is 2.79. The molecule has 32 heavy (non-hydrogen) atoms. The van der Waals surface area contributed by atoms with Gasteiger partial charge < -0.3 is 14.8 Å². The number of nitro benzene ring substituents is 1. The molecule has 0 unspecified atom stereocenters. The van der Waals surface area contributed by atoms with Crippen LogP contribution in [0.1, 0.15) is 15.9 Å². The normalized spacial score (nSPS) is 10.2. The van der Waals surface area contributed by atoms with Gasteiger partial charge in [0, 0.05) is 11.6 Å². The molecule has 0 aliphatic rings. The van der Waals surface area contributed by atoms with E-state index < -0.39 is 10.8 Å². The molecule has 9 heteroatoms. The smallest absolute Gasteiger partial charge is 0.274 e. The Hall–Kier alpha value is -3.98. The summed E-state index contributed by atoms with van der Waals surface area (Å²) in [6, 6.07) is 20.6. The van der Waals surface area contributed by atoms with Crippen molar-refractivity contribution >= 4 is 34.6 Å². The zero-order chi connectivity index (χ0) is 22.9. The first-order valence-electron chi connectivity index (χ1n) is 9.71. The highest BCUT2D eigenvalue weighted by atomic mass is 32.1. The summed E-state index contributed by atoms with van der Waals surface area (Å²) in [5.74, 6) is 0.837. The van der Waals surface area contributed by atoms with Crippen LogP contribution in [0.4, 0.5) is 11.4 Å². The number of carbonyl (C=O) groups is 1. The maximum absolute atomic E-state index is 12.5. The van der Waals surface area contributed by atoms with Crippen molar-refractivity contribution in [2.75, 3.05) is 18.5 Å². The molecule has 0 aliphatic carbocycles. The van der Waals surface area contributed by atoms with Crippen molar-refractivity contribution < 1.29 is 19.2 Å². The quantitative estimate of drug-likeness (QED) is 0.225. The van der Waals surface area contributed by atoms with E-state index in [1.54, 1.807) is 43.3 Å². The Kier molecular flexibility index (Phi) is 7.71. The lowest BCUT2D eigenvalue weighted by atomic mass is 10.1. The highest BCUT2D eigenvalue weighted by Crippen LogP contribution is 2.25. The molecule has 0 aromatic heterocycles. The van der Waals surface area contributed by atoms with Crippen LogP contribution in [0.3, 0.4) is 0 Å². The van der Waals surface area contributed by atoms with E-state index in [0.717, 1.165) is 5.75 Å². The molecule has 164 valence electrons. The molecule has 3 aromatic rings. The van der Waals surface area contributed by atoms with Gasteiger partial charge in [0.25, 0.3) is 11.6 Å².